The summed E-state index contributed by atoms with van der Waals surface area (Å²) in [4.78, 5) is 12.2. The molecule has 2 unspecified atom stereocenters. The topological polar surface area (TPSA) is 73.5 Å². The first-order valence-corrected chi connectivity index (χ1v) is 14.0. The standard InChI is InChI=1S/C29H34FNO3Si/c1-29(2,35(33,25-11-5-3-6-12-25)26-13-7-4-8-14-26)19-17-24(32)22-34-20-18-23(21-31)27-15-9-10-16-28(27)30/h3-16,23-24,32-33H,17-20,22H2,1-2H3. The first kappa shape index (κ1) is 26.8. The van der Waals surface area contributed by atoms with E-state index in [9.17, 15) is 19.6 Å². The Balaban J connectivity index is 1.58. The minimum Gasteiger partial charge on any atom is -0.424 e. The first-order valence-electron chi connectivity index (χ1n) is 12.0. The quantitative estimate of drug-likeness (QED) is 0.289. The number of aliphatic hydroxyl groups excluding tert-OH is 1. The number of benzene rings is 3. The molecule has 6 heteroatoms. The van der Waals surface area contributed by atoms with Gasteiger partial charge in [-0.1, -0.05) is 92.7 Å². The normalized spacial score (nSPS) is 13.7. The molecule has 4 nitrogen and oxygen atoms in total. The molecule has 184 valence electrons. The molecular weight excluding hydrogens is 457 g/mol. The van der Waals surface area contributed by atoms with Crippen LogP contribution in [0.5, 0.6) is 0 Å². The van der Waals surface area contributed by atoms with Crippen molar-refractivity contribution in [3.8, 4) is 6.07 Å². The Bertz CT molecular complexity index is 1060. The van der Waals surface area contributed by atoms with Crippen molar-refractivity contribution >= 4 is 18.7 Å². The Morgan fingerprint density at radius 3 is 2.00 bits per heavy atom. The number of nitriles is 1. The number of halogens is 1. The van der Waals surface area contributed by atoms with Crippen molar-refractivity contribution in [3.63, 3.8) is 0 Å². The number of rotatable bonds is 12. The minimum absolute atomic E-state index is 0.127. The average molecular weight is 492 g/mol. The zero-order valence-electron chi connectivity index (χ0n) is 20.4. The lowest BCUT2D eigenvalue weighted by atomic mass is 9.97. The monoisotopic (exact) mass is 491 g/mol. The molecule has 3 rings (SSSR count). The first-order chi connectivity index (χ1) is 16.8. The highest BCUT2D eigenvalue weighted by Crippen LogP contribution is 2.40. The summed E-state index contributed by atoms with van der Waals surface area (Å²) in [6.45, 7) is 4.51. The largest absolute Gasteiger partial charge is 0.424 e. The van der Waals surface area contributed by atoms with Gasteiger partial charge in [-0.15, -0.1) is 0 Å². The van der Waals surface area contributed by atoms with Gasteiger partial charge in [-0.3, -0.25) is 0 Å². The second-order valence-electron chi connectivity index (χ2n) is 9.59. The molecule has 3 aromatic carbocycles. The van der Waals surface area contributed by atoms with Crippen LogP contribution in [-0.4, -0.2) is 37.5 Å². The van der Waals surface area contributed by atoms with Crippen LogP contribution < -0.4 is 10.4 Å². The van der Waals surface area contributed by atoms with Gasteiger partial charge in [-0.25, -0.2) is 4.39 Å². The lowest BCUT2D eigenvalue weighted by Crippen LogP contribution is -2.65. The van der Waals surface area contributed by atoms with E-state index < -0.39 is 31.2 Å². The maximum Gasteiger partial charge on any atom is 0.258 e. The Hall–Kier alpha value is -2.82. The van der Waals surface area contributed by atoms with E-state index in [2.05, 4.69) is 19.9 Å². The van der Waals surface area contributed by atoms with Crippen molar-refractivity contribution < 1.29 is 19.0 Å². The second kappa shape index (κ2) is 12.2. The third kappa shape index (κ3) is 6.44. The molecule has 35 heavy (non-hydrogen) atoms. The Kier molecular flexibility index (Phi) is 9.36. The number of ether oxygens (including phenoxy) is 1. The van der Waals surface area contributed by atoms with Gasteiger partial charge >= 0.3 is 0 Å². The van der Waals surface area contributed by atoms with Crippen molar-refractivity contribution in [1.82, 2.24) is 0 Å². The summed E-state index contributed by atoms with van der Waals surface area (Å²) in [7, 11) is -3.12. The molecule has 2 N–H and O–H groups in total. The van der Waals surface area contributed by atoms with Crippen LogP contribution in [0.15, 0.2) is 84.9 Å². The van der Waals surface area contributed by atoms with Gasteiger partial charge in [0.05, 0.1) is 24.7 Å². The van der Waals surface area contributed by atoms with E-state index >= 15 is 0 Å². The van der Waals surface area contributed by atoms with Crippen LogP contribution >= 0.6 is 0 Å². The van der Waals surface area contributed by atoms with Gasteiger partial charge in [0.1, 0.15) is 5.82 Å². The molecule has 0 heterocycles. The van der Waals surface area contributed by atoms with Gasteiger partial charge in [0, 0.05) is 12.2 Å². The summed E-state index contributed by atoms with van der Waals surface area (Å²) < 4.78 is 19.6. The molecule has 0 spiro atoms. The molecule has 0 aromatic heterocycles. The van der Waals surface area contributed by atoms with E-state index in [1.807, 2.05) is 60.7 Å². The number of nitrogens with zero attached hydrogens (tertiary/aromatic N) is 1. The van der Waals surface area contributed by atoms with Crippen molar-refractivity contribution in [2.75, 3.05) is 13.2 Å². The highest BCUT2D eigenvalue weighted by atomic mass is 28.4. The van der Waals surface area contributed by atoms with E-state index in [-0.39, 0.29) is 13.2 Å². The Labute approximate surface area is 208 Å². The van der Waals surface area contributed by atoms with Gasteiger partial charge in [-0.05, 0) is 40.7 Å². The zero-order valence-corrected chi connectivity index (χ0v) is 21.4. The minimum atomic E-state index is -3.12. The molecule has 0 saturated heterocycles. The van der Waals surface area contributed by atoms with Crippen molar-refractivity contribution in [2.45, 2.75) is 50.2 Å². The molecule has 0 aliphatic carbocycles. The van der Waals surface area contributed by atoms with Crippen molar-refractivity contribution in [3.05, 3.63) is 96.3 Å². The van der Waals surface area contributed by atoms with Crippen LogP contribution in [0.1, 0.15) is 44.6 Å². The summed E-state index contributed by atoms with van der Waals surface area (Å²) in [5.41, 5.74) is 0.368. The van der Waals surface area contributed by atoms with E-state index in [1.165, 1.54) is 6.07 Å². The van der Waals surface area contributed by atoms with Crippen LogP contribution in [0.3, 0.4) is 0 Å². The van der Waals surface area contributed by atoms with Gasteiger partial charge in [0.2, 0.25) is 0 Å². The third-order valence-electron chi connectivity index (χ3n) is 6.76. The van der Waals surface area contributed by atoms with Crippen molar-refractivity contribution in [1.29, 1.82) is 5.26 Å². The molecule has 0 amide bonds. The van der Waals surface area contributed by atoms with Gasteiger partial charge < -0.3 is 14.6 Å². The van der Waals surface area contributed by atoms with Crippen molar-refractivity contribution in [2.24, 2.45) is 0 Å². The fourth-order valence-corrected chi connectivity index (χ4v) is 8.32. The Morgan fingerprint density at radius 1 is 0.914 bits per heavy atom. The summed E-state index contributed by atoms with van der Waals surface area (Å²) in [6.07, 6.45) is 0.731. The molecule has 0 fully saturated rings. The molecule has 2 atom stereocenters. The van der Waals surface area contributed by atoms with E-state index in [1.54, 1.807) is 18.2 Å². The summed E-state index contributed by atoms with van der Waals surface area (Å²) in [5, 5.41) is 21.4. The lowest BCUT2D eigenvalue weighted by molar-refractivity contribution is 0.0284. The Morgan fingerprint density at radius 2 is 1.46 bits per heavy atom. The number of hydrogen-bond acceptors (Lipinski definition) is 4. The SMILES string of the molecule is CC(C)(CCC(O)COCCC(C#N)c1ccccc1F)[Si](O)(c1ccccc1)c1ccccc1. The van der Waals surface area contributed by atoms with E-state index in [4.69, 9.17) is 4.74 Å². The summed E-state index contributed by atoms with van der Waals surface area (Å²) >= 11 is 0. The number of hydrogen-bond donors (Lipinski definition) is 2. The zero-order chi connectivity index (χ0) is 25.3. The van der Waals surface area contributed by atoms with Gasteiger partial charge in [0.15, 0.2) is 0 Å². The molecule has 0 aliphatic rings. The molecule has 0 radical (unpaired) electrons. The predicted molar refractivity (Wildman–Crippen MR) is 140 cm³/mol. The second-order valence-corrected chi connectivity index (χ2v) is 13.5. The predicted octanol–water partition coefficient (Wildman–Crippen LogP) is 4.51. The van der Waals surface area contributed by atoms with Crippen LogP contribution in [0.25, 0.3) is 0 Å². The van der Waals surface area contributed by atoms with Crippen LogP contribution in [0, 0.1) is 17.1 Å². The third-order valence-corrected chi connectivity index (χ3v) is 11.3. The smallest absolute Gasteiger partial charge is 0.258 e. The van der Waals surface area contributed by atoms with Crippen LogP contribution in [0.4, 0.5) is 4.39 Å². The molecule has 3 aromatic rings. The highest BCUT2D eigenvalue weighted by Gasteiger charge is 2.49. The van der Waals surface area contributed by atoms with Crippen LogP contribution in [-0.2, 0) is 4.74 Å². The fourth-order valence-electron chi connectivity index (χ4n) is 4.57. The highest BCUT2D eigenvalue weighted by molar-refractivity contribution is 6.98. The summed E-state index contributed by atoms with van der Waals surface area (Å²) in [5.74, 6) is -0.986. The van der Waals surface area contributed by atoms with E-state index in [0.717, 1.165) is 10.4 Å². The molecular formula is C29H34FNO3Si. The van der Waals surface area contributed by atoms with Gasteiger partial charge in [-0.2, -0.15) is 5.26 Å². The summed E-state index contributed by atoms with van der Waals surface area (Å²) in [6, 6.07) is 28.0. The van der Waals surface area contributed by atoms with Gasteiger partial charge in [0.25, 0.3) is 8.32 Å². The van der Waals surface area contributed by atoms with Crippen LogP contribution in [0.2, 0.25) is 5.04 Å². The lowest BCUT2D eigenvalue weighted by Gasteiger charge is -2.41. The average Bonchev–Trinajstić information content (AvgIpc) is 2.88. The molecule has 0 saturated carbocycles. The maximum atomic E-state index is 14.0. The van der Waals surface area contributed by atoms with E-state index in [0.29, 0.717) is 24.8 Å². The molecule has 0 bridgehead atoms. The molecule has 0 aliphatic heterocycles. The number of aliphatic hydroxyl groups is 1. The fraction of sp³-hybridized carbons (Fsp3) is 0.345. The maximum absolute atomic E-state index is 14.0.